The van der Waals surface area contributed by atoms with Crippen LogP contribution in [0, 0.1) is 6.92 Å². The van der Waals surface area contributed by atoms with E-state index in [1.165, 1.54) is 6.07 Å². The largest absolute Gasteiger partial charge is 0.343 e. The van der Waals surface area contributed by atoms with E-state index in [2.05, 4.69) is 5.32 Å². The van der Waals surface area contributed by atoms with Crippen molar-refractivity contribution in [2.24, 2.45) is 0 Å². The zero-order chi connectivity index (χ0) is 22.6. The van der Waals surface area contributed by atoms with Gasteiger partial charge < -0.3 is 5.32 Å². The lowest BCUT2D eigenvalue weighted by Gasteiger charge is -2.30. The fourth-order valence-electron chi connectivity index (χ4n) is 3.58. The van der Waals surface area contributed by atoms with Gasteiger partial charge in [0.2, 0.25) is 15.9 Å². The van der Waals surface area contributed by atoms with E-state index in [1.807, 2.05) is 61.5 Å². The number of carbonyl (C=O) groups excluding carboxylic acids is 1. The van der Waals surface area contributed by atoms with Gasteiger partial charge in [0.1, 0.15) is 6.04 Å². The average Bonchev–Trinajstić information content (AvgIpc) is 2.72. The van der Waals surface area contributed by atoms with Gasteiger partial charge in [0.25, 0.3) is 0 Å². The van der Waals surface area contributed by atoms with Crippen LogP contribution in [0.2, 0.25) is 5.02 Å². The van der Waals surface area contributed by atoms with Crippen LogP contribution < -0.4 is 9.62 Å². The molecule has 5 nitrogen and oxygen atoms in total. The minimum Gasteiger partial charge on any atom is -0.343 e. The second kappa shape index (κ2) is 9.54. The zero-order valence-electron chi connectivity index (χ0n) is 17.6. The Balaban J connectivity index is 1.98. The number of hydrogen-bond donors (Lipinski definition) is 1. The number of aryl methyl sites for hydroxylation is 1. The minimum atomic E-state index is -3.74. The van der Waals surface area contributed by atoms with Crippen LogP contribution in [0.3, 0.4) is 0 Å². The molecule has 0 aromatic heterocycles. The van der Waals surface area contributed by atoms with Gasteiger partial charge in [-0.15, -0.1) is 0 Å². The molecular formula is C24H25ClN2O3S. The number of halogens is 1. The first-order valence-corrected chi connectivity index (χ1v) is 12.1. The van der Waals surface area contributed by atoms with Crippen LogP contribution in [0.5, 0.6) is 0 Å². The Morgan fingerprint density at radius 2 is 1.61 bits per heavy atom. The van der Waals surface area contributed by atoms with Crippen molar-refractivity contribution in [3.8, 4) is 0 Å². The van der Waals surface area contributed by atoms with Gasteiger partial charge >= 0.3 is 0 Å². The van der Waals surface area contributed by atoms with Crippen molar-refractivity contribution in [3.05, 3.63) is 101 Å². The number of benzene rings is 3. The van der Waals surface area contributed by atoms with Crippen LogP contribution in [-0.4, -0.2) is 26.6 Å². The van der Waals surface area contributed by atoms with E-state index in [9.17, 15) is 13.2 Å². The number of hydrogen-bond acceptors (Lipinski definition) is 3. The Morgan fingerprint density at radius 1 is 0.968 bits per heavy atom. The summed E-state index contributed by atoms with van der Waals surface area (Å²) in [5, 5.41) is 3.44. The van der Waals surface area contributed by atoms with E-state index in [4.69, 9.17) is 11.6 Å². The predicted molar refractivity (Wildman–Crippen MR) is 126 cm³/mol. The molecule has 0 aliphatic rings. The monoisotopic (exact) mass is 456 g/mol. The molecule has 0 unspecified atom stereocenters. The summed E-state index contributed by atoms with van der Waals surface area (Å²) in [5.74, 6) is -0.414. The molecule has 1 N–H and O–H groups in total. The molecule has 162 valence electrons. The van der Waals surface area contributed by atoms with Gasteiger partial charge in [0.05, 0.1) is 18.0 Å². The number of nitrogens with one attached hydrogen (secondary N) is 1. The first-order chi connectivity index (χ1) is 14.7. The van der Waals surface area contributed by atoms with E-state index in [-0.39, 0.29) is 0 Å². The summed E-state index contributed by atoms with van der Waals surface area (Å²) >= 11 is 6.06. The summed E-state index contributed by atoms with van der Waals surface area (Å²) in [6.07, 6.45) is 1.08. The zero-order valence-corrected chi connectivity index (χ0v) is 19.2. The molecular weight excluding hydrogens is 432 g/mol. The summed E-state index contributed by atoms with van der Waals surface area (Å²) in [7, 11) is -3.74. The van der Waals surface area contributed by atoms with Crippen molar-refractivity contribution in [1.82, 2.24) is 5.32 Å². The molecule has 1 amide bonds. The molecule has 0 radical (unpaired) electrons. The average molecular weight is 457 g/mol. The lowest BCUT2D eigenvalue weighted by atomic mass is 9.94. The first kappa shape index (κ1) is 22.8. The topological polar surface area (TPSA) is 66.5 Å². The molecule has 0 spiro atoms. The molecule has 0 aliphatic heterocycles. The maximum absolute atomic E-state index is 13.3. The molecule has 0 bridgehead atoms. The molecule has 2 atom stereocenters. The standard InChI is InChI=1S/C24H25ClN2O3S/c1-17-10-7-8-15-22(17)23(19-11-5-4-6-12-19)26-24(28)18(2)27(31(3,29)30)21-14-9-13-20(25)16-21/h4-16,18,23H,1-3H3,(H,26,28)/t18-,23+/m1/s1. The van der Waals surface area contributed by atoms with E-state index in [0.717, 1.165) is 27.3 Å². The molecule has 0 heterocycles. The summed E-state index contributed by atoms with van der Waals surface area (Å²) in [4.78, 5) is 13.3. The quantitative estimate of drug-likeness (QED) is 0.560. The highest BCUT2D eigenvalue weighted by Gasteiger charge is 2.31. The highest BCUT2D eigenvalue weighted by atomic mass is 35.5. The Hall–Kier alpha value is -2.83. The summed E-state index contributed by atoms with van der Waals surface area (Å²) in [6.45, 7) is 3.55. The third kappa shape index (κ3) is 5.46. The summed E-state index contributed by atoms with van der Waals surface area (Å²) < 4.78 is 26.2. The maximum atomic E-state index is 13.3. The smallest absolute Gasteiger partial charge is 0.244 e. The van der Waals surface area contributed by atoms with Crippen molar-refractivity contribution in [3.63, 3.8) is 0 Å². The number of sulfonamides is 1. The molecule has 31 heavy (non-hydrogen) atoms. The maximum Gasteiger partial charge on any atom is 0.244 e. The molecule has 0 aliphatic carbocycles. The van der Waals surface area contributed by atoms with E-state index in [0.29, 0.717) is 10.7 Å². The number of amides is 1. The number of nitrogens with zero attached hydrogens (tertiary/aromatic N) is 1. The number of rotatable bonds is 7. The van der Waals surface area contributed by atoms with Crippen LogP contribution >= 0.6 is 11.6 Å². The van der Waals surface area contributed by atoms with Crippen LogP contribution in [0.1, 0.15) is 29.7 Å². The minimum absolute atomic E-state index is 0.338. The number of carbonyl (C=O) groups is 1. The summed E-state index contributed by atoms with van der Waals surface area (Å²) in [6, 6.07) is 22.5. The molecule has 3 rings (SSSR count). The van der Waals surface area contributed by atoms with Crippen LogP contribution in [-0.2, 0) is 14.8 Å². The summed E-state index contributed by atoms with van der Waals surface area (Å²) in [5.41, 5.74) is 3.22. The molecule has 7 heteroatoms. The van der Waals surface area contributed by atoms with Gasteiger partial charge in [0, 0.05) is 5.02 Å². The van der Waals surface area contributed by atoms with Gasteiger partial charge in [-0.3, -0.25) is 9.10 Å². The molecule has 3 aromatic rings. The lowest BCUT2D eigenvalue weighted by molar-refractivity contribution is -0.122. The highest BCUT2D eigenvalue weighted by molar-refractivity contribution is 7.92. The number of anilines is 1. The Kier molecular flexibility index (Phi) is 7.03. The van der Waals surface area contributed by atoms with Crippen molar-refractivity contribution < 1.29 is 13.2 Å². The fourth-order valence-corrected chi connectivity index (χ4v) is 4.93. The van der Waals surface area contributed by atoms with Gasteiger partial charge in [-0.1, -0.05) is 72.3 Å². The first-order valence-electron chi connectivity index (χ1n) is 9.84. The third-order valence-electron chi connectivity index (χ3n) is 5.07. The van der Waals surface area contributed by atoms with Crippen LogP contribution in [0.25, 0.3) is 0 Å². The van der Waals surface area contributed by atoms with Crippen LogP contribution in [0.15, 0.2) is 78.9 Å². The van der Waals surface area contributed by atoms with Gasteiger partial charge in [-0.2, -0.15) is 0 Å². The Morgan fingerprint density at radius 3 is 2.23 bits per heavy atom. The normalized spacial score (nSPS) is 13.3. The molecule has 3 aromatic carbocycles. The Labute approximate surface area is 188 Å². The molecule has 0 saturated carbocycles. The lowest BCUT2D eigenvalue weighted by Crippen LogP contribution is -2.48. The molecule has 0 fully saturated rings. The fraction of sp³-hybridized carbons (Fsp3) is 0.208. The SMILES string of the molecule is Cc1ccccc1[C@@H](NC(=O)[C@@H](C)N(c1cccc(Cl)c1)S(C)(=O)=O)c1ccccc1. The van der Waals surface area contributed by atoms with Crippen molar-refractivity contribution in [2.75, 3.05) is 10.6 Å². The predicted octanol–water partition coefficient (Wildman–Crippen LogP) is 4.71. The van der Waals surface area contributed by atoms with Gasteiger partial charge in [-0.25, -0.2) is 8.42 Å². The van der Waals surface area contributed by atoms with Gasteiger partial charge in [0.15, 0.2) is 0 Å². The molecule has 0 saturated heterocycles. The van der Waals surface area contributed by atoms with E-state index >= 15 is 0 Å². The third-order valence-corrected chi connectivity index (χ3v) is 6.55. The highest BCUT2D eigenvalue weighted by Crippen LogP contribution is 2.27. The van der Waals surface area contributed by atoms with Crippen molar-refractivity contribution in [2.45, 2.75) is 25.9 Å². The Bertz CT molecular complexity index is 1170. The second-order valence-electron chi connectivity index (χ2n) is 7.42. The van der Waals surface area contributed by atoms with E-state index < -0.39 is 28.0 Å². The van der Waals surface area contributed by atoms with Crippen molar-refractivity contribution >= 4 is 33.2 Å². The van der Waals surface area contributed by atoms with Crippen LogP contribution in [0.4, 0.5) is 5.69 Å². The second-order valence-corrected chi connectivity index (χ2v) is 9.72. The van der Waals surface area contributed by atoms with Crippen molar-refractivity contribution in [1.29, 1.82) is 0 Å². The van der Waals surface area contributed by atoms with E-state index in [1.54, 1.807) is 25.1 Å². The van der Waals surface area contributed by atoms with Gasteiger partial charge in [-0.05, 0) is 48.7 Å².